The third kappa shape index (κ3) is 6.62. The predicted molar refractivity (Wildman–Crippen MR) is 189 cm³/mol. The first-order chi connectivity index (χ1) is 22.4. The number of halogens is 1. The van der Waals surface area contributed by atoms with Crippen molar-refractivity contribution in [3.63, 3.8) is 0 Å². The van der Waals surface area contributed by atoms with Gasteiger partial charge in [-0.1, -0.05) is 48.4 Å². The molecule has 2 aliphatic heterocycles. The fourth-order valence-electron chi connectivity index (χ4n) is 8.24. The number of ether oxygens (including phenoxy) is 2. The van der Waals surface area contributed by atoms with E-state index in [2.05, 4.69) is 53.8 Å². The second kappa shape index (κ2) is 13.2. The van der Waals surface area contributed by atoms with Gasteiger partial charge in [0.2, 0.25) is 10.0 Å². The number of sulfonamides is 1. The van der Waals surface area contributed by atoms with E-state index in [1.807, 2.05) is 32.2 Å². The molecular formula is C38H49ClN2O5S. The molecule has 0 unspecified atom stereocenters. The summed E-state index contributed by atoms with van der Waals surface area (Å²) in [5.74, 6) is 0.510. The molecule has 2 bridgehead atoms. The normalized spacial score (nSPS) is 32.5. The minimum atomic E-state index is -3.93. The van der Waals surface area contributed by atoms with Crippen molar-refractivity contribution in [3.05, 3.63) is 81.9 Å². The van der Waals surface area contributed by atoms with Crippen LogP contribution in [-0.4, -0.2) is 52.0 Å². The zero-order valence-electron chi connectivity index (χ0n) is 28.4. The van der Waals surface area contributed by atoms with Crippen molar-refractivity contribution < 1.29 is 22.7 Å². The Labute approximate surface area is 285 Å². The molecule has 2 aromatic rings. The summed E-state index contributed by atoms with van der Waals surface area (Å²) < 4.78 is 42.4. The van der Waals surface area contributed by atoms with Gasteiger partial charge in [-0.05, 0) is 125 Å². The molecule has 254 valence electrons. The Morgan fingerprint density at radius 3 is 2.70 bits per heavy atom. The Hall–Kier alpha value is -2.81. The average Bonchev–Trinajstić information content (AvgIpc) is 3.17. The molecular weight excluding hydrogens is 632 g/mol. The van der Waals surface area contributed by atoms with E-state index in [1.165, 1.54) is 16.7 Å². The number of methoxy groups -OCH3 is 1. The summed E-state index contributed by atoms with van der Waals surface area (Å²) in [6, 6.07) is 11.6. The van der Waals surface area contributed by atoms with Crippen LogP contribution >= 0.6 is 11.6 Å². The molecule has 6 rings (SSSR count). The van der Waals surface area contributed by atoms with Gasteiger partial charge in [0, 0.05) is 36.2 Å². The number of hydrogen-bond acceptors (Lipinski definition) is 6. The average molecular weight is 681 g/mol. The molecule has 1 saturated carbocycles. The van der Waals surface area contributed by atoms with Crippen LogP contribution in [0.5, 0.6) is 5.75 Å². The van der Waals surface area contributed by atoms with Crippen LogP contribution < -0.4 is 14.4 Å². The molecule has 1 amide bonds. The molecule has 1 N–H and O–H groups in total. The van der Waals surface area contributed by atoms with E-state index in [4.69, 9.17) is 21.1 Å². The minimum absolute atomic E-state index is 0.208. The number of nitrogens with one attached hydrogen (secondary N) is 1. The monoisotopic (exact) mass is 680 g/mol. The highest BCUT2D eigenvalue weighted by atomic mass is 35.5. The van der Waals surface area contributed by atoms with Crippen molar-refractivity contribution in [1.29, 1.82) is 0 Å². The topological polar surface area (TPSA) is 84.9 Å². The molecule has 7 nitrogen and oxygen atoms in total. The highest BCUT2D eigenvalue weighted by Crippen LogP contribution is 2.50. The third-order valence-corrected chi connectivity index (χ3v) is 13.6. The van der Waals surface area contributed by atoms with Crippen molar-refractivity contribution in [2.24, 2.45) is 17.8 Å². The largest absolute Gasteiger partial charge is 0.490 e. The number of carbonyl (C=O) groups is 1. The van der Waals surface area contributed by atoms with Crippen molar-refractivity contribution in [1.82, 2.24) is 4.72 Å². The molecule has 2 heterocycles. The summed E-state index contributed by atoms with van der Waals surface area (Å²) in [6.45, 7) is 9.83. The highest BCUT2D eigenvalue weighted by Gasteiger charge is 2.48. The molecule has 0 radical (unpaired) electrons. The van der Waals surface area contributed by atoms with Gasteiger partial charge >= 0.3 is 0 Å². The lowest BCUT2D eigenvalue weighted by Gasteiger charge is -2.50. The fourth-order valence-corrected chi connectivity index (χ4v) is 9.72. The van der Waals surface area contributed by atoms with Gasteiger partial charge in [0.1, 0.15) is 5.75 Å². The number of rotatable bonds is 3. The first kappa shape index (κ1) is 34.1. The quantitative estimate of drug-likeness (QED) is 0.336. The lowest BCUT2D eigenvalue weighted by Crippen LogP contribution is -2.53. The van der Waals surface area contributed by atoms with Gasteiger partial charge in [0.15, 0.2) is 0 Å². The van der Waals surface area contributed by atoms with E-state index in [0.29, 0.717) is 30.3 Å². The summed E-state index contributed by atoms with van der Waals surface area (Å²) in [6.07, 6.45) is 13.0. The Bertz CT molecular complexity index is 1680. The molecule has 9 heteroatoms. The molecule has 6 atom stereocenters. The van der Waals surface area contributed by atoms with Gasteiger partial charge in [-0.3, -0.25) is 4.79 Å². The third-order valence-electron chi connectivity index (χ3n) is 11.4. The number of anilines is 1. The zero-order chi connectivity index (χ0) is 33.6. The molecule has 2 aromatic carbocycles. The van der Waals surface area contributed by atoms with Crippen LogP contribution in [0, 0.1) is 17.8 Å². The molecule has 1 fully saturated rings. The molecule has 47 heavy (non-hydrogen) atoms. The summed E-state index contributed by atoms with van der Waals surface area (Å²) in [5.41, 5.74) is 4.16. The zero-order valence-corrected chi connectivity index (χ0v) is 29.9. The van der Waals surface area contributed by atoms with Gasteiger partial charge in [-0.15, -0.1) is 0 Å². The Morgan fingerprint density at radius 1 is 1.17 bits per heavy atom. The van der Waals surface area contributed by atoms with E-state index in [0.717, 1.165) is 62.3 Å². The smallest absolute Gasteiger partial charge is 0.264 e. The van der Waals surface area contributed by atoms with Crippen molar-refractivity contribution >= 4 is 33.2 Å². The molecule has 4 aliphatic rings. The molecule has 1 spiro atoms. The van der Waals surface area contributed by atoms with E-state index >= 15 is 0 Å². The van der Waals surface area contributed by atoms with Gasteiger partial charge < -0.3 is 14.4 Å². The Balaban J connectivity index is 1.47. The fraction of sp³-hybridized carbons (Fsp3) is 0.553. The molecule has 0 saturated heterocycles. The number of allylic oxidation sites excluding steroid dienone is 2. The van der Waals surface area contributed by atoms with Crippen LogP contribution in [0.3, 0.4) is 0 Å². The first-order valence-corrected chi connectivity index (χ1v) is 19.0. The second-order valence-corrected chi connectivity index (χ2v) is 17.1. The summed E-state index contributed by atoms with van der Waals surface area (Å²) in [5, 5.41) is -0.0221. The Kier molecular flexibility index (Phi) is 9.60. The SMILES string of the molecule is CO[C@]1(CC=C(C)C)/C=C/C[C@H](C)[C@@H](C)S(=O)(=O)NC(=O)c2ccc3c(c2)N(C[C@@H]2CC[C@H]21)C[C@@]1(CCCc2cc(Cl)ccc21)CO3. The summed E-state index contributed by atoms with van der Waals surface area (Å²) in [7, 11) is -2.12. The van der Waals surface area contributed by atoms with Crippen molar-refractivity contribution in [3.8, 4) is 5.75 Å². The lowest BCUT2D eigenvalue weighted by molar-refractivity contribution is -0.0730. The van der Waals surface area contributed by atoms with Crippen LogP contribution in [0.25, 0.3) is 0 Å². The number of aryl methyl sites for hydroxylation is 1. The number of nitrogens with zero attached hydrogens (tertiary/aromatic N) is 1. The number of benzene rings is 2. The maximum atomic E-state index is 13.5. The Morgan fingerprint density at radius 2 is 1.98 bits per heavy atom. The minimum Gasteiger partial charge on any atom is -0.490 e. The van der Waals surface area contributed by atoms with Crippen LogP contribution in [0.15, 0.2) is 60.2 Å². The van der Waals surface area contributed by atoms with Crippen LogP contribution in [-0.2, 0) is 26.6 Å². The van der Waals surface area contributed by atoms with Crippen molar-refractivity contribution in [2.75, 3.05) is 31.7 Å². The standard InChI is InChI=1S/C38H49ClN2O5S/c1-25(2)16-19-38(45-5)18-6-8-26(3)27(4)47(43,44)40-36(42)29-11-15-35-34(21-29)41(22-30-10-13-33(30)38)23-37(24-46-35)17-7-9-28-20-31(39)12-14-32(28)37/h6,11-12,14-16,18,20-21,26-27,30,33H,7-10,13,17,19,22-24H2,1-5H3,(H,40,42)/b18-6+/t26-,27+,30-,33+,37-,38-/m0/s1. The second-order valence-electron chi connectivity index (χ2n) is 14.7. The predicted octanol–water partition coefficient (Wildman–Crippen LogP) is 7.62. The van der Waals surface area contributed by atoms with E-state index < -0.39 is 26.8 Å². The van der Waals surface area contributed by atoms with Gasteiger partial charge in [-0.25, -0.2) is 13.1 Å². The number of fused-ring (bicyclic) bond motifs is 4. The van der Waals surface area contributed by atoms with Crippen LogP contribution in [0.2, 0.25) is 5.02 Å². The van der Waals surface area contributed by atoms with Gasteiger partial charge in [0.05, 0.1) is 23.1 Å². The van der Waals surface area contributed by atoms with E-state index in [-0.39, 0.29) is 17.3 Å². The van der Waals surface area contributed by atoms with Crippen molar-refractivity contribution in [2.45, 2.75) is 88.9 Å². The van der Waals surface area contributed by atoms with E-state index in [1.54, 1.807) is 13.0 Å². The van der Waals surface area contributed by atoms with Crippen LogP contribution in [0.1, 0.15) is 87.7 Å². The first-order valence-electron chi connectivity index (χ1n) is 17.1. The highest BCUT2D eigenvalue weighted by molar-refractivity contribution is 7.90. The lowest BCUT2D eigenvalue weighted by atomic mass is 9.62. The number of hydrogen-bond donors (Lipinski definition) is 1. The van der Waals surface area contributed by atoms with Gasteiger partial charge in [-0.2, -0.15) is 0 Å². The molecule has 2 aliphatic carbocycles. The van der Waals surface area contributed by atoms with Crippen LogP contribution in [0.4, 0.5) is 5.69 Å². The maximum absolute atomic E-state index is 13.5. The van der Waals surface area contributed by atoms with E-state index in [9.17, 15) is 13.2 Å². The summed E-state index contributed by atoms with van der Waals surface area (Å²) >= 11 is 6.46. The number of amides is 1. The number of carbonyl (C=O) groups excluding carboxylic acids is 1. The molecule has 0 aromatic heterocycles. The summed E-state index contributed by atoms with van der Waals surface area (Å²) in [4.78, 5) is 15.9. The maximum Gasteiger partial charge on any atom is 0.264 e. The van der Waals surface area contributed by atoms with Gasteiger partial charge in [0.25, 0.3) is 5.91 Å².